The van der Waals surface area contributed by atoms with Gasteiger partial charge in [0.1, 0.15) is 18.0 Å². The quantitative estimate of drug-likeness (QED) is 0.573. The maximum Gasteiger partial charge on any atom is 0.277 e. The van der Waals surface area contributed by atoms with Crippen molar-refractivity contribution in [3.63, 3.8) is 0 Å². The molecule has 1 N–H and O–H groups in total. The van der Waals surface area contributed by atoms with Gasteiger partial charge >= 0.3 is 0 Å². The summed E-state index contributed by atoms with van der Waals surface area (Å²) < 4.78 is 6.81. The number of benzene rings is 2. The third-order valence-electron chi connectivity index (χ3n) is 5.99. The zero-order valence-corrected chi connectivity index (χ0v) is 18.4. The number of methoxy groups -OCH3 is 1. The van der Waals surface area contributed by atoms with Gasteiger partial charge < -0.3 is 14.7 Å². The Morgan fingerprint density at radius 1 is 1.09 bits per heavy atom. The normalized spacial score (nSPS) is 13.8. The molecular weight excluding hydrogens is 408 g/mol. The van der Waals surface area contributed by atoms with Crippen molar-refractivity contribution < 1.29 is 14.6 Å². The molecule has 0 saturated carbocycles. The lowest BCUT2D eigenvalue weighted by Gasteiger charge is -2.29. The molecule has 0 atom stereocenters. The van der Waals surface area contributed by atoms with Crippen LogP contribution in [0.1, 0.15) is 41.2 Å². The molecule has 2 aromatic carbocycles. The van der Waals surface area contributed by atoms with E-state index in [1.165, 1.54) is 0 Å². The third kappa shape index (κ3) is 3.78. The van der Waals surface area contributed by atoms with Crippen LogP contribution in [0.3, 0.4) is 0 Å². The summed E-state index contributed by atoms with van der Waals surface area (Å²) >= 11 is 0. The van der Waals surface area contributed by atoms with Crippen LogP contribution in [-0.2, 0) is 18.4 Å². The van der Waals surface area contributed by atoms with Crippen molar-refractivity contribution in [3.8, 4) is 11.4 Å². The molecule has 0 saturated heterocycles. The number of aliphatic hydroxyl groups excluding tert-OH is 1. The number of hydrogen-bond acceptors (Lipinski definition) is 6. The second-order valence-electron chi connectivity index (χ2n) is 8.47. The first-order chi connectivity index (χ1) is 15.4. The summed E-state index contributed by atoms with van der Waals surface area (Å²) in [7, 11) is 1.59. The molecule has 0 fully saturated rings. The number of nitroso groups, excluding NO2 is 1. The lowest BCUT2D eigenvalue weighted by Crippen LogP contribution is -2.39. The number of nitrogens with zero attached hydrogens (tertiary/aromatic N) is 4. The Balaban J connectivity index is 1.73. The fourth-order valence-corrected chi connectivity index (χ4v) is 3.96. The van der Waals surface area contributed by atoms with Crippen LogP contribution in [0.4, 0.5) is 5.69 Å². The van der Waals surface area contributed by atoms with E-state index >= 15 is 0 Å². The monoisotopic (exact) mass is 434 g/mol. The first-order valence-corrected chi connectivity index (χ1v) is 10.5. The second-order valence-corrected chi connectivity index (χ2v) is 8.47. The number of aromatic nitrogens is 2. The van der Waals surface area contributed by atoms with E-state index in [0.29, 0.717) is 35.8 Å². The summed E-state index contributed by atoms with van der Waals surface area (Å²) in [6.07, 6.45) is 0.575. The molecule has 8 heteroatoms. The number of carbonyl (C=O) groups is 1. The Morgan fingerprint density at radius 2 is 1.75 bits per heavy atom. The number of amides is 1. The van der Waals surface area contributed by atoms with Gasteiger partial charge in [0, 0.05) is 23.2 Å². The maximum atomic E-state index is 13.6. The van der Waals surface area contributed by atoms with Gasteiger partial charge in [-0.3, -0.25) is 4.79 Å². The van der Waals surface area contributed by atoms with Crippen LogP contribution < -0.4 is 9.64 Å². The lowest BCUT2D eigenvalue weighted by molar-refractivity contribution is 0.0973. The van der Waals surface area contributed by atoms with Gasteiger partial charge in [-0.05, 0) is 48.4 Å². The SMILES string of the molecule is COc1ccc(-n2nc(CN=O)c3c2C(=O)N(c2ccc(C(C)(C)CO)cc2)CC3)cc1. The van der Waals surface area contributed by atoms with Crippen LogP contribution in [0.25, 0.3) is 5.69 Å². The summed E-state index contributed by atoms with van der Waals surface area (Å²) in [6, 6.07) is 14.9. The predicted octanol–water partition coefficient (Wildman–Crippen LogP) is 3.62. The number of carbonyl (C=O) groups excluding carboxylic acids is 1. The topological polar surface area (TPSA) is 97.0 Å². The van der Waals surface area contributed by atoms with E-state index in [2.05, 4.69) is 10.3 Å². The average molecular weight is 434 g/mol. The molecule has 3 aromatic rings. The summed E-state index contributed by atoms with van der Waals surface area (Å²) in [6.45, 7) is 4.37. The van der Waals surface area contributed by atoms with Gasteiger partial charge in [-0.1, -0.05) is 31.2 Å². The minimum atomic E-state index is -0.360. The fourth-order valence-electron chi connectivity index (χ4n) is 3.96. The van der Waals surface area contributed by atoms with Crippen molar-refractivity contribution in [2.24, 2.45) is 5.18 Å². The fraction of sp³-hybridized carbons (Fsp3) is 0.333. The Kier molecular flexibility index (Phi) is 5.80. The highest BCUT2D eigenvalue weighted by atomic mass is 16.5. The highest BCUT2D eigenvalue weighted by Gasteiger charge is 2.33. The van der Waals surface area contributed by atoms with Gasteiger partial charge in [-0.15, -0.1) is 0 Å². The Bertz CT molecular complexity index is 1130. The molecule has 32 heavy (non-hydrogen) atoms. The second kappa shape index (κ2) is 8.55. The van der Waals surface area contributed by atoms with E-state index in [9.17, 15) is 14.8 Å². The average Bonchev–Trinajstić information content (AvgIpc) is 3.19. The van der Waals surface area contributed by atoms with Crippen molar-refractivity contribution in [1.29, 1.82) is 0 Å². The molecule has 1 aliphatic heterocycles. The molecule has 1 aromatic heterocycles. The molecule has 0 radical (unpaired) electrons. The number of hydrogen-bond donors (Lipinski definition) is 1. The van der Waals surface area contributed by atoms with Crippen LogP contribution in [0.15, 0.2) is 53.7 Å². The minimum Gasteiger partial charge on any atom is -0.497 e. The summed E-state index contributed by atoms with van der Waals surface area (Å²) in [4.78, 5) is 26.3. The van der Waals surface area contributed by atoms with Crippen molar-refractivity contribution in [3.05, 3.63) is 76.0 Å². The Hall–Kier alpha value is -3.52. The van der Waals surface area contributed by atoms with E-state index < -0.39 is 0 Å². The van der Waals surface area contributed by atoms with Gasteiger partial charge in [-0.2, -0.15) is 10.0 Å². The largest absolute Gasteiger partial charge is 0.497 e. The van der Waals surface area contributed by atoms with Crippen molar-refractivity contribution in [1.82, 2.24) is 9.78 Å². The van der Waals surface area contributed by atoms with E-state index in [1.807, 2.05) is 50.2 Å². The summed E-state index contributed by atoms with van der Waals surface area (Å²) in [5.41, 5.74) is 3.85. The van der Waals surface area contributed by atoms with Crippen molar-refractivity contribution >= 4 is 11.6 Å². The van der Waals surface area contributed by atoms with Gasteiger partial charge in [0.25, 0.3) is 5.91 Å². The van der Waals surface area contributed by atoms with Crippen LogP contribution >= 0.6 is 0 Å². The van der Waals surface area contributed by atoms with Gasteiger partial charge in [0.15, 0.2) is 0 Å². The maximum absolute atomic E-state index is 13.6. The molecule has 0 aliphatic carbocycles. The number of rotatable bonds is 7. The molecule has 166 valence electrons. The molecule has 1 amide bonds. The van der Waals surface area contributed by atoms with E-state index in [1.54, 1.807) is 28.8 Å². The molecule has 4 rings (SSSR count). The molecule has 0 bridgehead atoms. The first-order valence-electron chi connectivity index (χ1n) is 10.5. The van der Waals surface area contributed by atoms with Crippen LogP contribution in [0, 0.1) is 4.91 Å². The first kappa shape index (κ1) is 21.7. The van der Waals surface area contributed by atoms with E-state index in [0.717, 1.165) is 16.8 Å². The minimum absolute atomic E-state index is 0.0347. The molecule has 0 spiro atoms. The van der Waals surface area contributed by atoms with Crippen LogP contribution in [0.5, 0.6) is 5.75 Å². The van der Waals surface area contributed by atoms with Gasteiger partial charge in [0.05, 0.1) is 25.1 Å². The smallest absolute Gasteiger partial charge is 0.277 e. The molecule has 2 heterocycles. The Labute approximate surface area is 186 Å². The van der Waals surface area contributed by atoms with Crippen molar-refractivity contribution in [2.75, 3.05) is 25.2 Å². The van der Waals surface area contributed by atoms with E-state index in [-0.39, 0.29) is 24.5 Å². The predicted molar refractivity (Wildman–Crippen MR) is 122 cm³/mol. The molecule has 1 aliphatic rings. The summed E-state index contributed by atoms with van der Waals surface area (Å²) in [5, 5.41) is 17.2. The van der Waals surface area contributed by atoms with Crippen LogP contribution in [-0.4, -0.2) is 41.1 Å². The zero-order valence-electron chi connectivity index (χ0n) is 18.4. The van der Waals surface area contributed by atoms with Gasteiger partial charge in [0.2, 0.25) is 0 Å². The number of ether oxygens (including phenoxy) is 1. The van der Waals surface area contributed by atoms with Crippen molar-refractivity contribution in [2.45, 2.75) is 32.2 Å². The number of anilines is 1. The molecule has 0 unspecified atom stereocenters. The highest BCUT2D eigenvalue weighted by molar-refractivity contribution is 6.07. The highest BCUT2D eigenvalue weighted by Crippen LogP contribution is 2.31. The number of fused-ring (bicyclic) bond motifs is 1. The lowest BCUT2D eigenvalue weighted by atomic mass is 9.85. The standard InChI is InChI=1S/C24H26N4O4/c1-24(2,15-29)16-4-6-17(7-5-16)27-13-12-20-21(14-25-31)26-28(22(20)23(27)30)18-8-10-19(32-3)11-9-18/h4-11,29H,12-15H2,1-3H3. The Morgan fingerprint density at radius 3 is 2.34 bits per heavy atom. The van der Waals surface area contributed by atoms with E-state index in [4.69, 9.17) is 4.74 Å². The van der Waals surface area contributed by atoms with Crippen LogP contribution in [0.2, 0.25) is 0 Å². The molecular formula is C24H26N4O4. The number of aliphatic hydroxyl groups is 1. The zero-order chi connectivity index (χ0) is 22.9. The third-order valence-corrected chi connectivity index (χ3v) is 5.99. The summed E-state index contributed by atoms with van der Waals surface area (Å²) in [5.74, 6) is 0.518. The molecule has 8 nitrogen and oxygen atoms in total. The van der Waals surface area contributed by atoms with Gasteiger partial charge in [-0.25, -0.2) is 4.68 Å².